The molecule has 0 unspecified atom stereocenters. The van der Waals surface area contributed by atoms with Crippen LogP contribution >= 0.6 is 0 Å². The summed E-state index contributed by atoms with van der Waals surface area (Å²) in [5, 5.41) is 2.70. The third-order valence-electron chi connectivity index (χ3n) is 5.59. The number of fused-ring (bicyclic) bond motifs is 1. The predicted molar refractivity (Wildman–Crippen MR) is 103 cm³/mol. The van der Waals surface area contributed by atoms with Gasteiger partial charge in [0.1, 0.15) is 0 Å². The minimum atomic E-state index is -3.70. The van der Waals surface area contributed by atoms with Gasteiger partial charge in [-0.15, -0.1) is 8.78 Å². The second-order valence-electron chi connectivity index (χ2n) is 7.74. The van der Waals surface area contributed by atoms with Gasteiger partial charge in [-0.25, -0.2) is 4.79 Å². The number of anilines is 1. The van der Waals surface area contributed by atoms with Crippen molar-refractivity contribution in [3.05, 3.63) is 18.2 Å². The van der Waals surface area contributed by atoms with E-state index < -0.39 is 6.29 Å². The molecule has 0 bridgehead atoms. The third-order valence-corrected chi connectivity index (χ3v) is 5.59. The lowest BCUT2D eigenvalue weighted by molar-refractivity contribution is -0.286. The molecule has 0 radical (unpaired) electrons. The summed E-state index contributed by atoms with van der Waals surface area (Å²) in [6.07, 6.45) is -0.667. The Morgan fingerprint density at radius 3 is 2.53 bits per heavy atom. The van der Waals surface area contributed by atoms with Crippen molar-refractivity contribution in [3.63, 3.8) is 0 Å². The molecule has 4 rings (SSSR count). The maximum atomic E-state index is 13.1. The Morgan fingerprint density at radius 2 is 1.73 bits per heavy atom. The molecule has 0 atom stereocenters. The second-order valence-corrected chi connectivity index (χ2v) is 7.74. The van der Waals surface area contributed by atoms with Gasteiger partial charge in [0, 0.05) is 57.6 Å². The summed E-state index contributed by atoms with van der Waals surface area (Å²) in [6.45, 7) is 3.43. The number of carbonyl (C=O) groups is 2. The summed E-state index contributed by atoms with van der Waals surface area (Å²) in [6, 6.07) is 3.75. The Labute approximate surface area is 173 Å². The van der Waals surface area contributed by atoms with Crippen LogP contribution in [-0.4, -0.2) is 67.4 Å². The normalized spacial score (nSPS) is 21.3. The van der Waals surface area contributed by atoms with Gasteiger partial charge in [0.25, 0.3) is 0 Å². The van der Waals surface area contributed by atoms with Gasteiger partial charge in [0.2, 0.25) is 5.91 Å². The zero-order valence-electron chi connectivity index (χ0n) is 16.6. The Bertz CT molecular complexity index is 801. The van der Waals surface area contributed by atoms with Crippen LogP contribution in [0, 0.1) is 5.92 Å². The Balaban J connectivity index is 1.29. The molecule has 1 aromatic carbocycles. The average Bonchev–Trinajstić information content (AvgIpc) is 2.87. The molecule has 0 aromatic heterocycles. The van der Waals surface area contributed by atoms with Gasteiger partial charge in [-0.3, -0.25) is 4.79 Å². The van der Waals surface area contributed by atoms with Crippen LogP contribution in [0.5, 0.6) is 11.5 Å². The molecule has 8 nitrogen and oxygen atoms in total. The van der Waals surface area contributed by atoms with E-state index in [1.165, 1.54) is 18.2 Å². The van der Waals surface area contributed by atoms with Gasteiger partial charge in [-0.1, -0.05) is 0 Å². The van der Waals surface area contributed by atoms with E-state index in [2.05, 4.69) is 14.8 Å². The number of nitrogens with zero attached hydrogens (tertiary/aromatic N) is 2. The first kappa shape index (κ1) is 20.6. The van der Waals surface area contributed by atoms with E-state index in [9.17, 15) is 18.4 Å². The number of alkyl halides is 2. The fraction of sp³-hybridized carbons (Fsp3) is 0.600. The quantitative estimate of drug-likeness (QED) is 0.806. The molecule has 0 aliphatic carbocycles. The van der Waals surface area contributed by atoms with E-state index in [4.69, 9.17) is 4.74 Å². The number of benzene rings is 1. The molecule has 2 saturated heterocycles. The molecule has 0 saturated carbocycles. The van der Waals surface area contributed by atoms with Crippen molar-refractivity contribution in [3.8, 4) is 11.5 Å². The molecule has 3 aliphatic rings. The van der Waals surface area contributed by atoms with Gasteiger partial charge in [-0.05, 0) is 37.3 Å². The van der Waals surface area contributed by atoms with Crippen LogP contribution in [0.15, 0.2) is 18.2 Å². The average molecular weight is 425 g/mol. The molecule has 164 valence electrons. The highest BCUT2D eigenvalue weighted by molar-refractivity contribution is 5.90. The topological polar surface area (TPSA) is 80.3 Å². The van der Waals surface area contributed by atoms with Crippen molar-refractivity contribution in [2.45, 2.75) is 32.0 Å². The summed E-state index contributed by atoms with van der Waals surface area (Å²) >= 11 is 0. The highest BCUT2D eigenvalue weighted by Crippen LogP contribution is 2.42. The molecule has 1 N–H and O–H groups in total. The van der Waals surface area contributed by atoms with E-state index in [1.54, 1.807) is 4.90 Å². The zero-order chi connectivity index (χ0) is 21.1. The highest BCUT2D eigenvalue weighted by Gasteiger charge is 2.43. The fourth-order valence-corrected chi connectivity index (χ4v) is 3.93. The van der Waals surface area contributed by atoms with E-state index in [0.717, 1.165) is 12.8 Å². The van der Waals surface area contributed by atoms with E-state index in [-0.39, 0.29) is 23.4 Å². The predicted octanol–water partition coefficient (Wildman–Crippen LogP) is 2.89. The molecule has 10 heteroatoms. The van der Waals surface area contributed by atoms with Crippen molar-refractivity contribution in [1.82, 2.24) is 9.80 Å². The van der Waals surface area contributed by atoms with Gasteiger partial charge in [0.05, 0.1) is 0 Å². The van der Waals surface area contributed by atoms with Crippen LogP contribution in [0.2, 0.25) is 0 Å². The Kier molecular flexibility index (Phi) is 5.94. The van der Waals surface area contributed by atoms with E-state index in [0.29, 0.717) is 63.8 Å². The monoisotopic (exact) mass is 425 g/mol. The van der Waals surface area contributed by atoms with Crippen molar-refractivity contribution in [1.29, 1.82) is 0 Å². The number of urea groups is 1. The van der Waals surface area contributed by atoms with Crippen molar-refractivity contribution < 1.29 is 32.6 Å². The molecule has 3 aliphatic heterocycles. The van der Waals surface area contributed by atoms with Crippen molar-refractivity contribution in [2.75, 3.05) is 44.7 Å². The van der Waals surface area contributed by atoms with Crippen LogP contribution < -0.4 is 14.8 Å². The van der Waals surface area contributed by atoms with Gasteiger partial charge >= 0.3 is 12.3 Å². The first-order valence-corrected chi connectivity index (χ1v) is 10.2. The smallest absolute Gasteiger partial charge is 0.395 e. The van der Waals surface area contributed by atoms with Crippen LogP contribution in [-0.2, 0) is 9.53 Å². The Hall–Kier alpha value is -2.62. The number of carbonyl (C=O) groups excluding carboxylic acids is 2. The minimum Gasteiger partial charge on any atom is -0.395 e. The van der Waals surface area contributed by atoms with E-state index >= 15 is 0 Å². The molecule has 30 heavy (non-hydrogen) atoms. The number of rotatable bonds is 3. The van der Waals surface area contributed by atoms with Crippen LogP contribution in [0.25, 0.3) is 0 Å². The SMILES string of the molecule is O=C(CC1CCOCC1)N1CCCN(C(=O)Nc2ccc3c(c2)OC(F)(F)O3)CC1. The highest BCUT2D eigenvalue weighted by atomic mass is 19.3. The summed E-state index contributed by atoms with van der Waals surface area (Å²) in [4.78, 5) is 28.7. The first-order chi connectivity index (χ1) is 14.4. The summed E-state index contributed by atoms with van der Waals surface area (Å²) in [7, 11) is 0. The maximum absolute atomic E-state index is 13.1. The molecule has 0 spiro atoms. The fourth-order valence-electron chi connectivity index (χ4n) is 3.93. The third kappa shape index (κ3) is 4.92. The van der Waals surface area contributed by atoms with Gasteiger partial charge in [0.15, 0.2) is 11.5 Å². The van der Waals surface area contributed by atoms with Crippen LogP contribution in [0.3, 0.4) is 0 Å². The first-order valence-electron chi connectivity index (χ1n) is 10.2. The number of nitrogens with one attached hydrogen (secondary N) is 1. The minimum absolute atomic E-state index is 0.0774. The number of hydrogen-bond donors (Lipinski definition) is 1. The largest absolute Gasteiger partial charge is 0.586 e. The lowest BCUT2D eigenvalue weighted by atomic mass is 9.96. The summed E-state index contributed by atoms with van der Waals surface area (Å²) in [5.41, 5.74) is 0.330. The van der Waals surface area contributed by atoms with Gasteiger partial charge in [-0.2, -0.15) is 0 Å². The summed E-state index contributed by atoms with van der Waals surface area (Å²) in [5.74, 6) is 0.290. The van der Waals surface area contributed by atoms with Crippen molar-refractivity contribution >= 4 is 17.6 Å². The van der Waals surface area contributed by atoms with E-state index in [1.807, 2.05) is 4.90 Å². The lowest BCUT2D eigenvalue weighted by Crippen LogP contribution is -2.39. The molecule has 3 heterocycles. The zero-order valence-corrected chi connectivity index (χ0v) is 16.6. The maximum Gasteiger partial charge on any atom is 0.586 e. The second kappa shape index (κ2) is 8.63. The molecule has 3 amide bonds. The molecular weight excluding hydrogens is 400 g/mol. The number of hydrogen-bond acceptors (Lipinski definition) is 5. The number of halogens is 2. The lowest BCUT2D eigenvalue weighted by Gasteiger charge is -2.26. The van der Waals surface area contributed by atoms with Crippen molar-refractivity contribution in [2.24, 2.45) is 5.92 Å². The van der Waals surface area contributed by atoms with Crippen LogP contribution in [0.1, 0.15) is 25.7 Å². The molecular formula is C20H25F2N3O5. The molecule has 1 aromatic rings. The number of ether oxygens (including phenoxy) is 3. The van der Waals surface area contributed by atoms with Crippen LogP contribution in [0.4, 0.5) is 19.3 Å². The Morgan fingerprint density at radius 1 is 1.03 bits per heavy atom. The standard InChI is InChI=1S/C20H25F2N3O5/c21-20(22)29-16-3-2-15(13-17(16)30-20)23-19(27)25-7-1-6-24(8-9-25)18(26)12-14-4-10-28-11-5-14/h2-3,13-14H,1,4-12H2,(H,23,27). The molecule has 2 fully saturated rings. The van der Waals surface area contributed by atoms with Gasteiger partial charge < -0.3 is 29.3 Å². The summed E-state index contributed by atoms with van der Waals surface area (Å²) < 4.78 is 40.4. The number of amides is 3.